The molecule has 2 N–H and O–H groups in total. The minimum Gasteiger partial charge on any atom is -0.371 e. The molecule has 0 aromatic carbocycles. The molecule has 5 heteroatoms. The Hall–Kier alpha value is -1.62. The van der Waals surface area contributed by atoms with Crippen LogP contribution in [0.15, 0.2) is 18.3 Å². The van der Waals surface area contributed by atoms with Crippen LogP contribution in [0, 0.1) is 5.92 Å². The van der Waals surface area contributed by atoms with Gasteiger partial charge in [0.2, 0.25) is 0 Å². The van der Waals surface area contributed by atoms with E-state index in [1.807, 2.05) is 19.2 Å². The molecule has 1 amide bonds. The molecule has 1 aliphatic heterocycles. The van der Waals surface area contributed by atoms with E-state index in [-0.39, 0.29) is 5.91 Å². The summed E-state index contributed by atoms with van der Waals surface area (Å²) in [5.74, 6) is 0.633. The molecule has 5 nitrogen and oxygen atoms in total. The highest BCUT2D eigenvalue weighted by Gasteiger charge is 2.19. The topological polar surface area (TPSA) is 57.3 Å². The third-order valence-corrected chi connectivity index (χ3v) is 3.68. The molecule has 1 aliphatic rings. The lowest BCUT2D eigenvalue weighted by Crippen LogP contribution is -2.36. The van der Waals surface area contributed by atoms with E-state index in [2.05, 4.69) is 20.5 Å². The molecule has 2 heterocycles. The lowest BCUT2D eigenvalue weighted by Gasteiger charge is -2.33. The first-order valence-electron chi connectivity index (χ1n) is 6.82. The molecule has 1 fully saturated rings. The number of amides is 1. The van der Waals surface area contributed by atoms with Gasteiger partial charge in [0.25, 0.3) is 5.91 Å². The van der Waals surface area contributed by atoms with E-state index in [0.717, 1.165) is 31.2 Å². The maximum atomic E-state index is 11.6. The Morgan fingerprint density at radius 3 is 2.79 bits per heavy atom. The number of piperidine rings is 1. The molecular weight excluding hydrogens is 240 g/mol. The van der Waals surface area contributed by atoms with Crippen molar-refractivity contribution in [2.45, 2.75) is 12.8 Å². The molecule has 104 valence electrons. The van der Waals surface area contributed by atoms with Gasteiger partial charge in [0.15, 0.2) is 0 Å². The first-order valence-corrected chi connectivity index (χ1v) is 6.82. The fraction of sp³-hybridized carbons (Fsp3) is 0.571. The molecule has 1 saturated heterocycles. The number of carbonyl (C=O) groups excluding carboxylic acids is 1. The average molecular weight is 262 g/mol. The van der Waals surface area contributed by atoms with E-state index >= 15 is 0 Å². The second-order valence-electron chi connectivity index (χ2n) is 4.97. The van der Waals surface area contributed by atoms with E-state index in [0.29, 0.717) is 5.69 Å². The third kappa shape index (κ3) is 3.44. The molecule has 0 aliphatic carbocycles. The summed E-state index contributed by atoms with van der Waals surface area (Å²) in [6.45, 7) is 3.18. The molecule has 0 radical (unpaired) electrons. The molecule has 0 spiro atoms. The Bertz CT molecular complexity index is 427. The zero-order valence-corrected chi connectivity index (χ0v) is 11.6. The van der Waals surface area contributed by atoms with Gasteiger partial charge in [0, 0.05) is 32.0 Å². The Kier molecular flexibility index (Phi) is 4.74. The first kappa shape index (κ1) is 13.8. The van der Waals surface area contributed by atoms with Crippen molar-refractivity contribution < 1.29 is 4.79 Å². The smallest absolute Gasteiger partial charge is 0.269 e. The molecule has 1 aromatic heterocycles. The maximum Gasteiger partial charge on any atom is 0.269 e. The fourth-order valence-electron chi connectivity index (χ4n) is 2.55. The van der Waals surface area contributed by atoms with Crippen LogP contribution < -0.4 is 15.5 Å². The summed E-state index contributed by atoms with van der Waals surface area (Å²) in [6, 6.07) is 3.85. The van der Waals surface area contributed by atoms with Crippen LogP contribution in [0.1, 0.15) is 23.3 Å². The molecular formula is C14H22N4O. The highest BCUT2D eigenvalue weighted by atomic mass is 16.1. The standard InChI is InChI=1S/C14H22N4O/c1-15-10-11-4-7-18(8-5-11)12-3-6-17-13(9-12)14(19)16-2/h3,6,9,11,15H,4-5,7-8,10H2,1-2H3,(H,16,19). The number of hydrogen-bond acceptors (Lipinski definition) is 4. The van der Waals surface area contributed by atoms with Crippen molar-refractivity contribution in [1.82, 2.24) is 15.6 Å². The van der Waals surface area contributed by atoms with Crippen molar-refractivity contribution in [3.05, 3.63) is 24.0 Å². The minimum atomic E-state index is -0.132. The zero-order chi connectivity index (χ0) is 13.7. The number of rotatable bonds is 4. The summed E-state index contributed by atoms with van der Waals surface area (Å²) < 4.78 is 0. The van der Waals surface area contributed by atoms with Crippen molar-refractivity contribution in [3.8, 4) is 0 Å². The van der Waals surface area contributed by atoms with Gasteiger partial charge in [-0.25, -0.2) is 0 Å². The Labute approximate surface area is 114 Å². The lowest BCUT2D eigenvalue weighted by atomic mass is 9.96. The second-order valence-corrected chi connectivity index (χ2v) is 4.97. The van der Waals surface area contributed by atoms with Crippen LogP contribution >= 0.6 is 0 Å². The summed E-state index contributed by atoms with van der Waals surface area (Å²) in [7, 11) is 3.63. The molecule has 1 aromatic rings. The Morgan fingerprint density at radius 1 is 1.42 bits per heavy atom. The van der Waals surface area contributed by atoms with Crippen LogP contribution in [0.3, 0.4) is 0 Å². The van der Waals surface area contributed by atoms with Crippen molar-refractivity contribution in [2.75, 3.05) is 38.6 Å². The molecule has 0 unspecified atom stereocenters. The van der Waals surface area contributed by atoms with E-state index in [1.165, 1.54) is 12.8 Å². The largest absolute Gasteiger partial charge is 0.371 e. The second kappa shape index (κ2) is 6.52. The predicted octanol–water partition coefficient (Wildman–Crippen LogP) is 0.877. The summed E-state index contributed by atoms with van der Waals surface area (Å²) in [5, 5.41) is 5.85. The van der Waals surface area contributed by atoms with Crippen LogP contribution in [-0.2, 0) is 0 Å². The monoisotopic (exact) mass is 262 g/mol. The number of nitrogens with one attached hydrogen (secondary N) is 2. The van der Waals surface area contributed by atoms with Crippen LogP contribution in [-0.4, -0.2) is 44.6 Å². The van der Waals surface area contributed by atoms with Crippen molar-refractivity contribution in [2.24, 2.45) is 5.92 Å². The maximum absolute atomic E-state index is 11.6. The van der Waals surface area contributed by atoms with Crippen LogP contribution in [0.5, 0.6) is 0 Å². The van der Waals surface area contributed by atoms with Crippen LogP contribution in [0.25, 0.3) is 0 Å². The number of hydrogen-bond donors (Lipinski definition) is 2. The number of pyridine rings is 1. The van der Waals surface area contributed by atoms with E-state index < -0.39 is 0 Å². The van der Waals surface area contributed by atoms with Gasteiger partial charge in [0.05, 0.1) is 0 Å². The Balaban J connectivity index is 2.01. The van der Waals surface area contributed by atoms with Crippen LogP contribution in [0.4, 0.5) is 5.69 Å². The fourth-order valence-corrected chi connectivity index (χ4v) is 2.55. The first-order chi connectivity index (χ1) is 9.24. The van der Waals surface area contributed by atoms with Gasteiger partial charge in [-0.3, -0.25) is 9.78 Å². The molecule has 0 bridgehead atoms. The Morgan fingerprint density at radius 2 is 2.16 bits per heavy atom. The number of aromatic nitrogens is 1. The van der Waals surface area contributed by atoms with Gasteiger partial charge >= 0.3 is 0 Å². The highest BCUT2D eigenvalue weighted by Crippen LogP contribution is 2.23. The van der Waals surface area contributed by atoms with Gasteiger partial charge < -0.3 is 15.5 Å². The van der Waals surface area contributed by atoms with Gasteiger partial charge in [0.1, 0.15) is 5.69 Å². The molecule has 0 atom stereocenters. The SMILES string of the molecule is CNCC1CCN(c2ccnc(C(=O)NC)c2)CC1. The zero-order valence-electron chi connectivity index (χ0n) is 11.6. The summed E-state index contributed by atoms with van der Waals surface area (Å²) >= 11 is 0. The number of anilines is 1. The highest BCUT2D eigenvalue weighted by molar-refractivity contribution is 5.92. The van der Waals surface area contributed by atoms with Crippen molar-refractivity contribution in [3.63, 3.8) is 0 Å². The van der Waals surface area contributed by atoms with E-state index in [4.69, 9.17) is 0 Å². The normalized spacial score (nSPS) is 16.4. The van der Waals surface area contributed by atoms with Crippen molar-refractivity contribution in [1.29, 1.82) is 0 Å². The van der Waals surface area contributed by atoms with Gasteiger partial charge in [-0.1, -0.05) is 0 Å². The molecule has 0 saturated carbocycles. The quantitative estimate of drug-likeness (QED) is 0.845. The molecule has 19 heavy (non-hydrogen) atoms. The van der Waals surface area contributed by atoms with E-state index in [1.54, 1.807) is 13.2 Å². The molecule has 2 rings (SSSR count). The number of nitrogens with zero attached hydrogens (tertiary/aromatic N) is 2. The van der Waals surface area contributed by atoms with Crippen LogP contribution in [0.2, 0.25) is 0 Å². The minimum absolute atomic E-state index is 0.132. The van der Waals surface area contributed by atoms with Gasteiger partial charge in [-0.15, -0.1) is 0 Å². The average Bonchev–Trinajstić information content (AvgIpc) is 2.48. The van der Waals surface area contributed by atoms with E-state index in [9.17, 15) is 4.79 Å². The van der Waals surface area contributed by atoms with Gasteiger partial charge in [-0.2, -0.15) is 0 Å². The summed E-state index contributed by atoms with van der Waals surface area (Å²) in [4.78, 5) is 18.0. The van der Waals surface area contributed by atoms with Crippen molar-refractivity contribution >= 4 is 11.6 Å². The van der Waals surface area contributed by atoms with Gasteiger partial charge in [-0.05, 0) is 44.5 Å². The summed E-state index contributed by atoms with van der Waals surface area (Å²) in [5.41, 5.74) is 1.58. The third-order valence-electron chi connectivity index (χ3n) is 3.68. The predicted molar refractivity (Wildman–Crippen MR) is 76.5 cm³/mol. The summed E-state index contributed by atoms with van der Waals surface area (Å²) in [6.07, 6.45) is 4.09. The number of carbonyl (C=O) groups is 1. The lowest BCUT2D eigenvalue weighted by molar-refractivity contribution is 0.0958.